The number of amides is 2. The summed E-state index contributed by atoms with van der Waals surface area (Å²) in [6.07, 6.45) is 0. The quantitative estimate of drug-likeness (QED) is 0.767. The Labute approximate surface area is 170 Å². The van der Waals surface area contributed by atoms with E-state index in [1.807, 2.05) is 42.3 Å². The molecule has 2 atom stereocenters. The van der Waals surface area contributed by atoms with Crippen molar-refractivity contribution in [1.82, 2.24) is 4.90 Å². The summed E-state index contributed by atoms with van der Waals surface area (Å²) >= 11 is 5.88. The third kappa shape index (κ3) is 5.32. The van der Waals surface area contributed by atoms with Crippen molar-refractivity contribution >= 4 is 29.1 Å². The number of quaternary nitrogens is 1. The molecule has 1 unspecified atom stereocenters. The average molecular weight is 403 g/mol. The Morgan fingerprint density at radius 2 is 1.75 bits per heavy atom. The third-order valence-corrected chi connectivity index (χ3v) is 5.01. The van der Waals surface area contributed by atoms with E-state index < -0.39 is 6.04 Å². The van der Waals surface area contributed by atoms with Gasteiger partial charge >= 0.3 is 0 Å². The summed E-state index contributed by atoms with van der Waals surface area (Å²) < 4.78 is 5.36. The lowest BCUT2D eigenvalue weighted by molar-refractivity contribution is -0.894. The first-order valence-corrected chi connectivity index (χ1v) is 9.71. The molecule has 0 radical (unpaired) electrons. The fourth-order valence-corrected chi connectivity index (χ4v) is 3.47. The molecule has 3 rings (SSSR count). The lowest BCUT2D eigenvalue weighted by Crippen LogP contribution is -3.11. The molecule has 0 bridgehead atoms. The molecule has 148 valence electrons. The molecule has 2 N–H and O–H groups in total. The summed E-state index contributed by atoms with van der Waals surface area (Å²) in [5, 5.41) is 3.47. The van der Waals surface area contributed by atoms with E-state index in [0.717, 1.165) is 10.5 Å². The minimum Gasteiger partial charge on any atom is -0.378 e. The van der Waals surface area contributed by atoms with Gasteiger partial charge in [-0.2, -0.15) is 0 Å². The van der Waals surface area contributed by atoms with Gasteiger partial charge in [-0.15, -0.1) is 0 Å². The first-order valence-electron chi connectivity index (χ1n) is 9.34. The van der Waals surface area contributed by atoms with Crippen molar-refractivity contribution in [2.45, 2.75) is 6.04 Å². The Morgan fingerprint density at radius 3 is 2.39 bits per heavy atom. The zero-order valence-corrected chi connectivity index (χ0v) is 16.6. The second-order valence-electron chi connectivity index (χ2n) is 6.86. The van der Waals surface area contributed by atoms with Crippen molar-refractivity contribution in [2.24, 2.45) is 0 Å². The highest BCUT2D eigenvalue weighted by Crippen LogP contribution is 2.15. The molecule has 2 aromatic carbocycles. The van der Waals surface area contributed by atoms with Gasteiger partial charge in [0.15, 0.2) is 12.6 Å². The van der Waals surface area contributed by atoms with Crippen molar-refractivity contribution in [3.8, 4) is 0 Å². The van der Waals surface area contributed by atoms with Gasteiger partial charge in [0, 0.05) is 29.4 Å². The van der Waals surface area contributed by atoms with Crippen LogP contribution in [0.15, 0.2) is 54.6 Å². The summed E-state index contributed by atoms with van der Waals surface area (Å²) in [6, 6.07) is 16.1. The van der Waals surface area contributed by atoms with Crippen molar-refractivity contribution in [2.75, 3.05) is 45.2 Å². The van der Waals surface area contributed by atoms with E-state index in [9.17, 15) is 9.59 Å². The number of rotatable bonds is 6. The molecule has 1 aliphatic rings. The van der Waals surface area contributed by atoms with E-state index in [4.69, 9.17) is 16.3 Å². The average Bonchev–Trinajstić information content (AvgIpc) is 2.71. The maximum atomic E-state index is 13.2. The number of carbonyl (C=O) groups is 2. The van der Waals surface area contributed by atoms with Crippen molar-refractivity contribution in [3.63, 3.8) is 0 Å². The van der Waals surface area contributed by atoms with Crippen molar-refractivity contribution < 1.29 is 19.2 Å². The highest BCUT2D eigenvalue weighted by molar-refractivity contribution is 6.30. The van der Waals surface area contributed by atoms with Crippen LogP contribution in [0.5, 0.6) is 0 Å². The minimum atomic E-state index is -0.449. The predicted molar refractivity (Wildman–Crippen MR) is 108 cm³/mol. The lowest BCUT2D eigenvalue weighted by Gasteiger charge is -2.32. The van der Waals surface area contributed by atoms with Crippen LogP contribution in [0.1, 0.15) is 11.6 Å². The number of ether oxygens (including phenoxy) is 1. The topological polar surface area (TPSA) is 63.1 Å². The van der Waals surface area contributed by atoms with Crippen LogP contribution in [-0.4, -0.2) is 56.6 Å². The Hall–Kier alpha value is -2.41. The molecule has 0 aromatic heterocycles. The second-order valence-corrected chi connectivity index (χ2v) is 7.30. The molecular weight excluding hydrogens is 378 g/mol. The van der Waals surface area contributed by atoms with Gasteiger partial charge in [-0.3, -0.25) is 9.59 Å². The summed E-state index contributed by atoms with van der Waals surface area (Å²) in [5.41, 5.74) is 1.58. The van der Waals surface area contributed by atoms with Gasteiger partial charge in [-0.25, -0.2) is 0 Å². The molecule has 2 amide bonds. The third-order valence-electron chi connectivity index (χ3n) is 4.76. The zero-order chi connectivity index (χ0) is 19.9. The van der Waals surface area contributed by atoms with Crippen molar-refractivity contribution in [1.29, 1.82) is 0 Å². The molecule has 28 heavy (non-hydrogen) atoms. The number of halogens is 1. The first-order chi connectivity index (χ1) is 13.5. The maximum Gasteiger partial charge on any atom is 0.285 e. The van der Waals surface area contributed by atoms with Gasteiger partial charge in [0.25, 0.3) is 11.8 Å². The number of morpholine rings is 1. The molecule has 6 nitrogen and oxygen atoms in total. The van der Waals surface area contributed by atoms with Crippen LogP contribution < -0.4 is 10.2 Å². The molecule has 7 heteroatoms. The van der Waals surface area contributed by atoms with Crippen LogP contribution in [0, 0.1) is 0 Å². The second kappa shape index (κ2) is 9.68. The number of hydrogen-bond donors (Lipinski definition) is 2. The molecule has 1 fully saturated rings. The number of anilines is 1. The van der Waals surface area contributed by atoms with Crippen molar-refractivity contribution in [3.05, 3.63) is 65.2 Å². The fourth-order valence-electron chi connectivity index (χ4n) is 3.34. The predicted octanol–water partition coefficient (Wildman–Crippen LogP) is 1.39. The first kappa shape index (κ1) is 20.3. The van der Waals surface area contributed by atoms with E-state index in [0.29, 0.717) is 37.0 Å². The van der Waals surface area contributed by atoms with Crippen LogP contribution in [0.25, 0.3) is 0 Å². The number of hydrogen-bond acceptors (Lipinski definition) is 3. The number of nitrogens with zero attached hydrogens (tertiary/aromatic N) is 1. The highest BCUT2D eigenvalue weighted by Gasteiger charge is 2.34. The van der Waals surface area contributed by atoms with Crippen LogP contribution in [0.3, 0.4) is 0 Å². The number of nitrogens with one attached hydrogen (secondary N) is 2. The monoisotopic (exact) mass is 402 g/mol. The van der Waals surface area contributed by atoms with E-state index in [2.05, 4.69) is 5.32 Å². The molecule has 1 aliphatic heterocycles. The zero-order valence-electron chi connectivity index (χ0n) is 15.9. The Balaban J connectivity index is 1.72. The van der Waals surface area contributed by atoms with E-state index in [1.54, 1.807) is 24.3 Å². The summed E-state index contributed by atoms with van der Waals surface area (Å²) in [6.45, 7) is 2.41. The molecular formula is C21H25ClN3O3+. The van der Waals surface area contributed by atoms with Crippen LogP contribution in [0.2, 0.25) is 5.02 Å². The van der Waals surface area contributed by atoms with Gasteiger partial charge < -0.3 is 19.9 Å². The molecule has 0 spiro atoms. The maximum absolute atomic E-state index is 13.2. The molecule has 1 saturated heterocycles. The summed E-state index contributed by atoms with van der Waals surface area (Å²) in [5.74, 6) is -0.137. The number of carbonyl (C=O) groups excluding carboxylic acids is 2. The summed E-state index contributed by atoms with van der Waals surface area (Å²) in [4.78, 5) is 28.4. The van der Waals surface area contributed by atoms with E-state index >= 15 is 0 Å². The van der Waals surface area contributed by atoms with Gasteiger partial charge in [-0.05, 0) is 24.3 Å². The Morgan fingerprint density at radius 1 is 1.11 bits per heavy atom. The lowest BCUT2D eigenvalue weighted by atomic mass is 10.0. The number of likely N-dealkylation sites (N-methyl/N-ethyl adjacent to an activating group) is 1. The van der Waals surface area contributed by atoms with Gasteiger partial charge in [0.2, 0.25) is 0 Å². The standard InChI is InChI=1S/C21H24ClN3O3/c1-24(15-19(26)23-18-9-7-17(22)8-10-18)20(16-5-3-2-4-6-16)21(27)25-11-13-28-14-12-25/h2-10,20H,11-15H2,1H3,(H,23,26)/p+1/t20-/m1/s1. The van der Waals surface area contributed by atoms with E-state index in [1.165, 1.54) is 0 Å². The van der Waals surface area contributed by atoms with Gasteiger partial charge in [0.05, 0.1) is 20.3 Å². The molecule has 1 heterocycles. The van der Waals surface area contributed by atoms with Crippen LogP contribution >= 0.6 is 11.6 Å². The minimum absolute atomic E-state index is 0.0197. The normalized spacial score (nSPS) is 16.3. The Bertz CT molecular complexity index is 792. The van der Waals surface area contributed by atoms with Gasteiger partial charge in [-0.1, -0.05) is 41.9 Å². The molecule has 0 aliphatic carbocycles. The number of benzene rings is 2. The Kier molecular flexibility index (Phi) is 7.03. The van der Waals surface area contributed by atoms with Crippen LogP contribution in [0.4, 0.5) is 5.69 Å². The highest BCUT2D eigenvalue weighted by atomic mass is 35.5. The van der Waals surface area contributed by atoms with Gasteiger partial charge in [0.1, 0.15) is 0 Å². The largest absolute Gasteiger partial charge is 0.378 e. The van der Waals surface area contributed by atoms with Crippen LogP contribution in [-0.2, 0) is 14.3 Å². The smallest absolute Gasteiger partial charge is 0.285 e. The summed E-state index contributed by atoms with van der Waals surface area (Å²) in [7, 11) is 1.87. The van der Waals surface area contributed by atoms with E-state index in [-0.39, 0.29) is 18.4 Å². The SMILES string of the molecule is C[NH+](CC(=O)Nc1ccc(Cl)cc1)[C@@H](C(=O)N1CCOCC1)c1ccccc1. The fraction of sp³-hybridized carbons (Fsp3) is 0.333. The molecule has 0 saturated carbocycles. The molecule has 2 aromatic rings.